The number of aliphatic hydroxyl groups is 1. The zero-order valence-electron chi connectivity index (χ0n) is 16.9. The Hall–Kier alpha value is -1.42. The van der Waals surface area contributed by atoms with Gasteiger partial charge < -0.3 is 10.2 Å². The van der Waals surface area contributed by atoms with E-state index >= 15 is 0 Å². The molecule has 0 aliphatic heterocycles. The summed E-state index contributed by atoms with van der Waals surface area (Å²) in [6, 6.07) is 0. The van der Waals surface area contributed by atoms with Crippen LogP contribution in [0.1, 0.15) is 90.4 Å². The number of rotatable bonds is 15. The van der Waals surface area contributed by atoms with E-state index in [1.165, 1.54) is 12.8 Å². The Morgan fingerprint density at radius 1 is 1.15 bits per heavy atom. The minimum Gasteiger partial charge on any atom is -0.481 e. The van der Waals surface area contributed by atoms with Crippen LogP contribution in [0.4, 0.5) is 0 Å². The monoisotopic (exact) mass is 378 g/mol. The third-order valence-electron chi connectivity index (χ3n) is 5.41. The molecule has 1 fully saturated rings. The van der Waals surface area contributed by atoms with Gasteiger partial charge in [-0.3, -0.25) is 9.59 Å². The van der Waals surface area contributed by atoms with Gasteiger partial charge in [-0.05, 0) is 38.0 Å². The molecule has 1 aliphatic carbocycles. The smallest absolute Gasteiger partial charge is 0.303 e. The number of carboxylic acid groups (broad SMARTS) is 1. The molecule has 0 aromatic rings. The number of unbranched alkanes of at least 4 members (excludes halogenated alkanes) is 6. The minimum atomic E-state index is -0.722. The van der Waals surface area contributed by atoms with Gasteiger partial charge in [-0.1, -0.05) is 69.8 Å². The van der Waals surface area contributed by atoms with Gasteiger partial charge in [0.1, 0.15) is 5.78 Å². The Bertz CT molecular complexity index is 481. The van der Waals surface area contributed by atoms with Crippen molar-refractivity contribution in [3.63, 3.8) is 0 Å². The fourth-order valence-electron chi connectivity index (χ4n) is 3.74. The maximum absolute atomic E-state index is 12.2. The first kappa shape index (κ1) is 23.6. The average molecular weight is 379 g/mol. The number of ketones is 1. The number of carboxylic acids is 1. The number of hydrogen-bond donors (Lipinski definition) is 2. The third-order valence-corrected chi connectivity index (χ3v) is 5.41. The van der Waals surface area contributed by atoms with Gasteiger partial charge in [-0.15, -0.1) is 0 Å². The van der Waals surface area contributed by atoms with Gasteiger partial charge in [0.2, 0.25) is 0 Å². The van der Waals surface area contributed by atoms with Gasteiger partial charge in [-0.2, -0.15) is 0 Å². The lowest BCUT2D eigenvalue weighted by molar-refractivity contribution is -0.137. The van der Waals surface area contributed by atoms with Crippen LogP contribution in [-0.4, -0.2) is 28.1 Å². The first-order valence-electron chi connectivity index (χ1n) is 10.8. The molecule has 1 saturated carbocycles. The molecule has 4 heteroatoms. The van der Waals surface area contributed by atoms with Crippen LogP contribution >= 0.6 is 0 Å². The molecule has 154 valence electrons. The Morgan fingerprint density at radius 2 is 1.89 bits per heavy atom. The molecule has 1 unspecified atom stereocenters. The van der Waals surface area contributed by atoms with Crippen molar-refractivity contribution in [1.82, 2.24) is 0 Å². The number of carbonyl (C=O) groups is 2. The van der Waals surface area contributed by atoms with Gasteiger partial charge in [0.05, 0.1) is 6.10 Å². The molecule has 4 nitrogen and oxygen atoms in total. The van der Waals surface area contributed by atoms with E-state index < -0.39 is 12.1 Å². The quantitative estimate of drug-likeness (QED) is 0.293. The van der Waals surface area contributed by atoms with E-state index in [9.17, 15) is 14.7 Å². The van der Waals surface area contributed by atoms with Crippen molar-refractivity contribution in [1.29, 1.82) is 0 Å². The molecule has 0 radical (unpaired) electrons. The zero-order valence-corrected chi connectivity index (χ0v) is 16.9. The van der Waals surface area contributed by atoms with Crippen LogP contribution in [0.5, 0.6) is 0 Å². The summed E-state index contributed by atoms with van der Waals surface area (Å²) in [6.45, 7) is 2.17. The fourth-order valence-corrected chi connectivity index (χ4v) is 3.74. The first-order valence-corrected chi connectivity index (χ1v) is 10.8. The Labute approximate surface area is 164 Å². The number of carbonyl (C=O) groups excluding carboxylic acids is 1. The zero-order chi connectivity index (χ0) is 19.9. The molecule has 0 amide bonds. The van der Waals surface area contributed by atoms with E-state index in [0.717, 1.165) is 51.4 Å². The number of hydrogen-bond acceptors (Lipinski definition) is 3. The van der Waals surface area contributed by atoms with Crippen LogP contribution in [0.15, 0.2) is 24.3 Å². The second kappa shape index (κ2) is 14.6. The van der Waals surface area contributed by atoms with E-state index in [1.807, 2.05) is 12.2 Å². The average Bonchev–Trinajstić information content (AvgIpc) is 2.98. The van der Waals surface area contributed by atoms with Crippen LogP contribution in [-0.2, 0) is 9.59 Å². The largest absolute Gasteiger partial charge is 0.481 e. The highest BCUT2D eigenvalue weighted by molar-refractivity contribution is 5.83. The molecule has 1 aliphatic rings. The standard InChI is InChI=1S/C23H38O4/c1-2-3-4-6-9-12-20(24)17-15-19-16-18-22(25)21(19)13-10-7-5-8-11-14-23(26)27/h6,9,15,17,19-21,24H,2-5,7-8,10-14,16,18H2,1H3,(H,26,27)/b9-6-,17-15-/t19-,20?,21+/m1/s1. The van der Waals surface area contributed by atoms with Crippen LogP contribution in [0, 0.1) is 11.8 Å². The normalized spacial score (nSPS) is 21.5. The number of allylic oxidation sites excluding steroid dienone is 2. The SMILES string of the molecule is CCCC/C=C\CC(O)/C=C\[C@@H]1CCC(=O)[C@H]1CCCCCCCC(=O)O. The highest BCUT2D eigenvalue weighted by Gasteiger charge is 2.32. The Kier molecular flexibility index (Phi) is 12.8. The number of Topliss-reactive ketones (excluding diaryl/α,β-unsaturated/α-hetero) is 1. The van der Waals surface area contributed by atoms with E-state index in [0.29, 0.717) is 18.6 Å². The maximum atomic E-state index is 12.2. The molecule has 2 N–H and O–H groups in total. The summed E-state index contributed by atoms with van der Waals surface area (Å²) in [4.78, 5) is 22.6. The summed E-state index contributed by atoms with van der Waals surface area (Å²) in [7, 11) is 0. The van der Waals surface area contributed by atoms with Gasteiger partial charge in [0, 0.05) is 18.8 Å². The van der Waals surface area contributed by atoms with Gasteiger partial charge >= 0.3 is 5.97 Å². The first-order chi connectivity index (χ1) is 13.0. The third kappa shape index (κ3) is 11.1. The Balaban J connectivity index is 2.26. The summed E-state index contributed by atoms with van der Waals surface area (Å²) in [5, 5.41) is 18.7. The summed E-state index contributed by atoms with van der Waals surface area (Å²) in [6.07, 6.45) is 19.3. The van der Waals surface area contributed by atoms with Crippen molar-refractivity contribution < 1.29 is 19.8 Å². The molecule has 1 rings (SSSR count). The highest BCUT2D eigenvalue weighted by atomic mass is 16.4. The van der Waals surface area contributed by atoms with Crippen LogP contribution in [0.3, 0.4) is 0 Å². The van der Waals surface area contributed by atoms with Crippen molar-refractivity contribution in [2.75, 3.05) is 0 Å². The van der Waals surface area contributed by atoms with Crippen molar-refractivity contribution in [2.24, 2.45) is 11.8 Å². The molecular weight excluding hydrogens is 340 g/mol. The second-order valence-corrected chi connectivity index (χ2v) is 7.78. The fraction of sp³-hybridized carbons (Fsp3) is 0.739. The molecule has 0 spiro atoms. The predicted molar refractivity (Wildman–Crippen MR) is 110 cm³/mol. The summed E-state index contributed by atoms with van der Waals surface area (Å²) < 4.78 is 0. The molecule has 0 aromatic heterocycles. The predicted octanol–water partition coefficient (Wildman–Crippen LogP) is 5.45. The number of aliphatic hydroxyl groups excluding tert-OH is 1. The van der Waals surface area contributed by atoms with Crippen molar-refractivity contribution in [3.05, 3.63) is 24.3 Å². The van der Waals surface area contributed by atoms with Crippen molar-refractivity contribution in [2.45, 2.75) is 96.5 Å². The molecule has 0 bridgehead atoms. The highest BCUT2D eigenvalue weighted by Crippen LogP contribution is 2.34. The van der Waals surface area contributed by atoms with Crippen LogP contribution in [0.2, 0.25) is 0 Å². The van der Waals surface area contributed by atoms with Crippen LogP contribution in [0.25, 0.3) is 0 Å². The molecule has 0 saturated heterocycles. The van der Waals surface area contributed by atoms with E-state index in [2.05, 4.69) is 19.1 Å². The lowest BCUT2D eigenvalue weighted by atomic mass is 9.89. The van der Waals surface area contributed by atoms with Crippen LogP contribution < -0.4 is 0 Å². The lowest BCUT2D eigenvalue weighted by Crippen LogP contribution is -2.14. The van der Waals surface area contributed by atoms with Crippen molar-refractivity contribution in [3.8, 4) is 0 Å². The molecule has 0 aromatic carbocycles. The summed E-state index contributed by atoms with van der Waals surface area (Å²) >= 11 is 0. The topological polar surface area (TPSA) is 74.6 Å². The Morgan fingerprint density at radius 3 is 2.63 bits per heavy atom. The second-order valence-electron chi connectivity index (χ2n) is 7.78. The molecule has 0 heterocycles. The van der Waals surface area contributed by atoms with E-state index in [1.54, 1.807) is 0 Å². The summed E-state index contributed by atoms with van der Waals surface area (Å²) in [5.41, 5.74) is 0. The van der Waals surface area contributed by atoms with E-state index in [4.69, 9.17) is 5.11 Å². The molecule has 27 heavy (non-hydrogen) atoms. The van der Waals surface area contributed by atoms with Gasteiger partial charge in [0.15, 0.2) is 0 Å². The minimum absolute atomic E-state index is 0.104. The van der Waals surface area contributed by atoms with Gasteiger partial charge in [-0.25, -0.2) is 0 Å². The lowest BCUT2D eigenvalue weighted by Gasteiger charge is -2.15. The van der Waals surface area contributed by atoms with Crippen molar-refractivity contribution >= 4 is 11.8 Å². The summed E-state index contributed by atoms with van der Waals surface area (Å²) in [5.74, 6) is 0.0140. The van der Waals surface area contributed by atoms with Gasteiger partial charge in [0.25, 0.3) is 0 Å². The number of aliphatic carboxylic acids is 1. The van der Waals surface area contributed by atoms with E-state index in [-0.39, 0.29) is 18.3 Å². The molecular formula is C23H38O4. The molecule has 3 atom stereocenters. The maximum Gasteiger partial charge on any atom is 0.303 e.